The average molecular weight is 534 g/mol. The third-order valence-corrected chi connectivity index (χ3v) is 7.39. The van der Waals surface area contributed by atoms with E-state index in [-0.39, 0.29) is 49.5 Å². The van der Waals surface area contributed by atoms with Gasteiger partial charge in [0.15, 0.2) is 0 Å². The lowest BCUT2D eigenvalue weighted by atomic mass is 10.1. The molecule has 0 aliphatic carbocycles. The summed E-state index contributed by atoms with van der Waals surface area (Å²) in [6, 6.07) is 11.0. The molecule has 0 spiro atoms. The molecular weight excluding hydrogens is 503 g/mol. The molecule has 0 radical (unpaired) electrons. The third kappa shape index (κ3) is 8.23. The second-order valence-corrected chi connectivity index (χ2v) is 10.3. The monoisotopic (exact) mass is 534 g/mol. The van der Waals surface area contributed by atoms with Gasteiger partial charge in [-0.3, -0.25) is 9.36 Å². The summed E-state index contributed by atoms with van der Waals surface area (Å²) in [4.78, 5) is 37.7. The van der Waals surface area contributed by atoms with E-state index in [1.807, 2.05) is 0 Å². The number of rotatable bonds is 12. The molecule has 1 saturated heterocycles. The Morgan fingerprint density at radius 1 is 0.973 bits per heavy atom. The van der Waals surface area contributed by atoms with E-state index in [0.717, 1.165) is 0 Å². The van der Waals surface area contributed by atoms with Crippen LogP contribution < -0.4 is 9.47 Å². The van der Waals surface area contributed by atoms with Crippen molar-refractivity contribution in [1.82, 2.24) is 0 Å². The van der Waals surface area contributed by atoms with Crippen molar-refractivity contribution in [2.45, 2.75) is 39.7 Å². The topological polar surface area (TPSA) is 124 Å². The molecule has 1 aliphatic rings. The van der Waals surface area contributed by atoms with Crippen LogP contribution in [0.5, 0.6) is 11.5 Å². The van der Waals surface area contributed by atoms with Crippen LogP contribution in [0.25, 0.3) is 0 Å². The fourth-order valence-corrected chi connectivity index (χ4v) is 5.30. The Morgan fingerprint density at radius 2 is 1.68 bits per heavy atom. The van der Waals surface area contributed by atoms with E-state index >= 15 is 0 Å². The highest BCUT2D eigenvalue weighted by Gasteiger charge is 2.28. The molecule has 0 saturated carbocycles. The van der Waals surface area contributed by atoms with Crippen LogP contribution in [-0.4, -0.2) is 56.6 Å². The molecule has 1 aliphatic heterocycles. The molecule has 0 N–H and O–H groups in total. The van der Waals surface area contributed by atoms with Gasteiger partial charge in [0.1, 0.15) is 23.2 Å². The van der Waals surface area contributed by atoms with Crippen LogP contribution in [0.15, 0.2) is 42.5 Å². The highest BCUT2D eigenvalue weighted by molar-refractivity contribution is 7.53. The number of carbonyl (C=O) groups excluding carboxylic acids is 3. The lowest BCUT2D eigenvalue weighted by Gasteiger charge is -2.19. The molecule has 1 heterocycles. The summed E-state index contributed by atoms with van der Waals surface area (Å²) in [6.45, 7) is 5.68. The van der Waals surface area contributed by atoms with Crippen LogP contribution in [-0.2, 0) is 34.3 Å². The number of aryl methyl sites for hydroxylation is 1. The van der Waals surface area contributed by atoms with E-state index in [0.29, 0.717) is 24.2 Å². The summed E-state index contributed by atoms with van der Waals surface area (Å²) >= 11 is 0. The normalized spacial score (nSPS) is 15.3. The van der Waals surface area contributed by atoms with Crippen molar-refractivity contribution in [3.63, 3.8) is 0 Å². The summed E-state index contributed by atoms with van der Waals surface area (Å²) in [5.74, 6) is -2.17. The predicted octanol–water partition coefficient (Wildman–Crippen LogP) is 4.59. The summed E-state index contributed by atoms with van der Waals surface area (Å²) in [7, 11) is -3.45. The summed E-state index contributed by atoms with van der Waals surface area (Å²) < 4.78 is 45.5. The van der Waals surface area contributed by atoms with E-state index < -0.39 is 31.6 Å². The van der Waals surface area contributed by atoms with E-state index in [1.165, 1.54) is 19.1 Å². The molecule has 1 atom stereocenters. The Balaban J connectivity index is 2.00. The molecule has 2 aromatic carbocycles. The Labute approximate surface area is 215 Å². The smallest absolute Gasteiger partial charge is 0.343 e. The van der Waals surface area contributed by atoms with Gasteiger partial charge in [0.05, 0.1) is 38.2 Å². The lowest BCUT2D eigenvalue weighted by molar-refractivity contribution is -0.131. The maximum Gasteiger partial charge on any atom is 0.343 e. The zero-order valence-corrected chi connectivity index (χ0v) is 22.0. The van der Waals surface area contributed by atoms with Crippen molar-refractivity contribution in [2.75, 3.05) is 32.6 Å². The molecule has 11 heteroatoms. The van der Waals surface area contributed by atoms with Crippen molar-refractivity contribution in [2.24, 2.45) is 0 Å². The van der Waals surface area contributed by atoms with Gasteiger partial charge in [0.2, 0.25) is 0 Å². The average Bonchev–Trinajstić information content (AvgIpc) is 3.37. The molecule has 37 heavy (non-hydrogen) atoms. The van der Waals surface area contributed by atoms with Crippen molar-refractivity contribution in [3.05, 3.63) is 59.2 Å². The van der Waals surface area contributed by atoms with Gasteiger partial charge in [0.25, 0.3) is 0 Å². The molecule has 2 aromatic rings. The molecule has 1 unspecified atom stereocenters. The first-order chi connectivity index (χ1) is 17.7. The van der Waals surface area contributed by atoms with Crippen molar-refractivity contribution < 1.29 is 46.9 Å². The minimum atomic E-state index is -3.45. The van der Waals surface area contributed by atoms with Gasteiger partial charge >= 0.3 is 25.5 Å². The Morgan fingerprint density at radius 3 is 2.27 bits per heavy atom. The zero-order chi connectivity index (χ0) is 26.8. The molecule has 0 aromatic heterocycles. The minimum absolute atomic E-state index is 0.0328. The van der Waals surface area contributed by atoms with Crippen LogP contribution in [0.4, 0.5) is 0 Å². The lowest BCUT2D eigenvalue weighted by Crippen LogP contribution is -2.20. The van der Waals surface area contributed by atoms with Gasteiger partial charge < -0.3 is 28.0 Å². The minimum Gasteiger partial charge on any atom is -0.456 e. The molecule has 1 fully saturated rings. The standard InChI is InChI=1S/C26H31O10P/c1-4-32-37(30,33-5-2)14-12-20-15-22(26(29)35-21-11-13-31-17-21)24(34-18(3)27)16-23(20)36-25(28)19-9-7-6-8-10-19/h6-10,15-16,21H,4-5,11-14,17H2,1-3H3. The SMILES string of the molecule is CCOP(=O)(CCc1cc(C(=O)OC2CCOC2)c(OC(C)=O)cc1OC(=O)c1ccccc1)OCC. The summed E-state index contributed by atoms with van der Waals surface area (Å²) in [5.41, 5.74) is 0.607. The van der Waals surface area contributed by atoms with E-state index in [9.17, 15) is 18.9 Å². The van der Waals surface area contributed by atoms with Crippen LogP contribution in [0.3, 0.4) is 0 Å². The summed E-state index contributed by atoms with van der Waals surface area (Å²) in [6.07, 6.45) is 0.137. The number of hydrogen-bond donors (Lipinski definition) is 0. The molecule has 200 valence electrons. The first kappa shape index (κ1) is 28.5. The largest absolute Gasteiger partial charge is 0.456 e. The molecule has 10 nitrogen and oxygen atoms in total. The fraction of sp³-hybridized carbons (Fsp3) is 0.423. The van der Waals surface area contributed by atoms with Crippen molar-refractivity contribution in [3.8, 4) is 11.5 Å². The van der Waals surface area contributed by atoms with Gasteiger partial charge in [-0.05, 0) is 44.0 Å². The van der Waals surface area contributed by atoms with E-state index in [1.54, 1.807) is 44.2 Å². The first-order valence-electron chi connectivity index (χ1n) is 12.0. The fourth-order valence-electron chi connectivity index (χ4n) is 3.67. The van der Waals surface area contributed by atoms with Crippen LogP contribution in [0.1, 0.15) is 53.5 Å². The highest BCUT2D eigenvalue weighted by atomic mass is 31.2. The molecule has 3 rings (SSSR count). The van der Waals surface area contributed by atoms with E-state index in [2.05, 4.69) is 0 Å². The quantitative estimate of drug-likeness (QED) is 0.217. The maximum atomic E-state index is 13.1. The van der Waals surface area contributed by atoms with Crippen molar-refractivity contribution in [1.29, 1.82) is 0 Å². The first-order valence-corrected chi connectivity index (χ1v) is 13.8. The van der Waals surface area contributed by atoms with Gasteiger partial charge in [0, 0.05) is 19.4 Å². The Kier molecular flexibility index (Phi) is 10.4. The number of hydrogen-bond acceptors (Lipinski definition) is 10. The van der Waals surface area contributed by atoms with Crippen molar-refractivity contribution >= 4 is 25.5 Å². The van der Waals surface area contributed by atoms with Gasteiger partial charge in [-0.2, -0.15) is 0 Å². The van der Waals surface area contributed by atoms with E-state index in [4.69, 9.17) is 28.0 Å². The third-order valence-electron chi connectivity index (χ3n) is 5.32. The number of carbonyl (C=O) groups is 3. The van der Waals surface area contributed by atoms with Crippen LogP contribution >= 0.6 is 7.60 Å². The van der Waals surface area contributed by atoms with Crippen LogP contribution in [0, 0.1) is 0 Å². The zero-order valence-electron chi connectivity index (χ0n) is 21.1. The Hall–Kier alpha value is -3.04. The maximum absolute atomic E-state index is 13.1. The van der Waals surface area contributed by atoms with Crippen LogP contribution in [0.2, 0.25) is 0 Å². The van der Waals surface area contributed by atoms with Gasteiger partial charge in [-0.15, -0.1) is 0 Å². The second-order valence-electron chi connectivity index (χ2n) is 8.12. The summed E-state index contributed by atoms with van der Waals surface area (Å²) in [5, 5.41) is 0. The number of esters is 3. The number of benzene rings is 2. The number of ether oxygens (including phenoxy) is 4. The molecule has 0 amide bonds. The van der Waals surface area contributed by atoms with Gasteiger partial charge in [-0.25, -0.2) is 9.59 Å². The highest BCUT2D eigenvalue weighted by Crippen LogP contribution is 2.49. The second kappa shape index (κ2) is 13.5. The van der Waals surface area contributed by atoms with Gasteiger partial charge in [-0.1, -0.05) is 18.2 Å². The Bertz CT molecular complexity index is 1130. The predicted molar refractivity (Wildman–Crippen MR) is 133 cm³/mol. The molecular formula is C26H31O10P. The molecule has 0 bridgehead atoms.